The number of hydrogen-bond acceptors (Lipinski definition) is 1. The third-order valence-electron chi connectivity index (χ3n) is 0.810. The zero-order chi connectivity index (χ0) is 6.57. The number of carboxylic acids is 1. The Hall–Kier alpha value is 0.950. The summed E-state index contributed by atoms with van der Waals surface area (Å²) in [7, 11) is 0. The van der Waals surface area contributed by atoms with E-state index < -0.39 is 5.97 Å². The zero-order valence-corrected chi connectivity index (χ0v) is 9.31. The van der Waals surface area contributed by atoms with Gasteiger partial charge in [0.25, 0.3) is 0 Å². The zero-order valence-electron chi connectivity index (χ0n) is 5.72. The van der Waals surface area contributed by atoms with Crippen LogP contribution in [0.4, 0.5) is 0 Å². The van der Waals surface area contributed by atoms with Crippen molar-refractivity contribution in [2.24, 2.45) is 0 Å². The summed E-state index contributed by atoms with van der Waals surface area (Å²) in [6.07, 6.45) is 1.61. The largest absolute Gasteiger partial charge is 0.480 e. The molecule has 0 aliphatic heterocycles. The Morgan fingerprint density at radius 1 is 1.78 bits per heavy atom. The number of aliphatic carboxylic acids is 1. The Balaban J connectivity index is 0. The van der Waals surface area contributed by atoms with E-state index in [0.29, 0.717) is 6.42 Å². The summed E-state index contributed by atoms with van der Waals surface area (Å²) < 4.78 is 0. The Morgan fingerprint density at radius 2 is 2.22 bits per heavy atom. The van der Waals surface area contributed by atoms with Gasteiger partial charge in [0.05, 0.1) is 0 Å². The minimum absolute atomic E-state index is 0. The molecule has 0 aromatic rings. The molecule has 0 aromatic heterocycles. The fourth-order valence-corrected chi connectivity index (χ4v) is 0.835. The molecule has 2 nitrogen and oxygen atoms in total. The van der Waals surface area contributed by atoms with Crippen molar-refractivity contribution in [2.45, 2.75) is 24.6 Å². The van der Waals surface area contributed by atoms with E-state index in [4.69, 9.17) is 5.11 Å². The first-order valence-electron chi connectivity index (χ1n) is 2.55. The van der Waals surface area contributed by atoms with Crippen LogP contribution in [0.15, 0.2) is 0 Å². The molecule has 1 radical (unpaired) electrons. The summed E-state index contributed by atoms with van der Waals surface area (Å²) in [5.41, 5.74) is 0. The quantitative estimate of drug-likeness (QED) is 0.554. The van der Waals surface area contributed by atoms with E-state index in [1.165, 1.54) is 0 Å². The molecule has 9 heavy (non-hydrogen) atoms. The second-order valence-electron chi connectivity index (χ2n) is 1.59. The molecule has 1 unspecified atom stereocenters. The number of carbonyl (C=O) groups is 1. The predicted molar refractivity (Wildman–Crippen MR) is 41.0 cm³/mol. The van der Waals surface area contributed by atoms with Crippen LogP contribution in [0.2, 0.25) is 0 Å². The van der Waals surface area contributed by atoms with Crippen LogP contribution >= 0.6 is 15.9 Å². The van der Waals surface area contributed by atoms with E-state index in [2.05, 4.69) is 15.9 Å². The van der Waals surface area contributed by atoms with Gasteiger partial charge in [0.15, 0.2) is 0 Å². The Bertz CT molecular complexity index is 87.0. The molecule has 0 heterocycles. The van der Waals surface area contributed by atoms with Crippen molar-refractivity contribution < 1.29 is 9.90 Å². The van der Waals surface area contributed by atoms with Gasteiger partial charge in [0.2, 0.25) is 0 Å². The van der Waals surface area contributed by atoms with Crippen molar-refractivity contribution in [3.05, 3.63) is 0 Å². The first kappa shape index (κ1) is 12.6. The van der Waals surface area contributed by atoms with E-state index >= 15 is 0 Å². The summed E-state index contributed by atoms with van der Waals surface area (Å²) in [6.45, 7) is 1.96. The van der Waals surface area contributed by atoms with Crippen molar-refractivity contribution in [3.8, 4) is 0 Å². The van der Waals surface area contributed by atoms with Crippen molar-refractivity contribution in [3.63, 3.8) is 0 Å². The van der Waals surface area contributed by atoms with E-state index in [1.54, 1.807) is 0 Å². The van der Waals surface area contributed by atoms with Crippen LogP contribution in [-0.2, 0) is 4.79 Å². The molecule has 1 atom stereocenters. The number of alkyl halides is 1. The number of halogens is 1. The van der Waals surface area contributed by atoms with Crippen molar-refractivity contribution in [1.82, 2.24) is 0 Å². The molecule has 0 saturated heterocycles. The third kappa shape index (κ3) is 6.84. The summed E-state index contributed by atoms with van der Waals surface area (Å²) in [5, 5.41) is 8.27. The number of rotatable bonds is 3. The molecule has 0 bridgehead atoms. The summed E-state index contributed by atoms with van der Waals surface area (Å²) in [6, 6.07) is 0. The molecular weight excluding hydrogens is 195 g/mol. The van der Waals surface area contributed by atoms with Gasteiger partial charge in [-0.15, -0.1) is 0 Å². The molecule has 0 fully saturated rings. The molecule has 0 aromatic carbocycles. The van der Waals surface area contributed by atoms with Crippen LogP contribution in [0.5, 0.6) is 0 Å². The van der Waals surface area contributed by atoms with Crippen LogP contribution in [0, 0.1) is 0 Å². The monoisotopic (exact) mass is 203 g/mol. The summed E-state index contributed by atoms with van der Waals surface area (Å²) >= 11 is 3.00. The van der Waals surface area contributed by atoms with Gasteiger partial charge >= 0.3 is 5.97 Å². The molecule has 0 spiro atoms. The van der Waals surface area contributed by atoms with Gasteiger partial charge in [-0.25, -0.2) is 0 Å². The van der Waals surface area contributed by atoms with Crippen LogP contribution in [0.25, 0.3) is 0 Å². The maximum Gasteiger partial charge on any atom is 0.317 e. The van der Waals surface area contributed by atoms with Gasteiger partial charge in [0.1, 0.15) is 4.83 Å². The third-order valence-corrected chi connectivity index (χ3v) is 1.66. The maximum absolute atomic E-state index is 10.0. The standard InChI is InChI=1S/C5H9BrO2.Na/c1-2-3-4(6)5(7)8;/h4H,2-3H2,1H3,(H,7,8);. The Morgan fingerprint density at radius 3 is 2.33 bits per heavy atom. The number of carboxylic acid groups (broad SMARTS) is 1. The maximum atomic E-state index is 10.0. The van der Waals surface area contributed by atoms with Crippen molar-refractivity contribution in [1.29, 1.82) is 0 Å². The fraction of sp³-hybridized carbons (Fsp3) is 0.800. The fourth-order valence-electron chi connectivity index (χ4n) is 0.377. The van der Waals surface area contributed by atoms with Crippen LogP contribution in [0.1, 0.15) is 19.8 Å². The van der Waals surface area contributed by atoms with Gasteiger partial charge < -0.3 is 5.11 Å². The Labute approximate surface area is 85.4 Å². The molecule has 49 valence electrons. The van der Waals surface area contributed by atoms with Gasteiger partial charge in [0, 0.05) is 29.6 Å². The van der Waals surface area contributed by atoms with Crippen LogP contribution in [0.3, 0.4) is 0 Å². The average Bonchev–Trinajstić information content (AvgIpc) is 1.67. The molecule has 0 rings (SSSR count). The Kier molecular flexibility index (Phi) is 9.89. The minimum atomic E-state index is -0.771. The van der Waals surface area contributed by atoms with Gasteiger partial charge in [-0.2, -0.15) is 0 Å². The van der Waals surface area contributed by atoms with Crippen molar-refractivity contribution >= 4 is 51.5 Å². The molecular formula is C5H9BrNaO2. The van der Waals surface area contributed by atoms with Crippen molar-refractivity contribution in [2.75, 3.05) is 0 Å². The van der Waals surface area contributed by atoms with Gasteiger partial charge in [-0.3, -0.25) is 4.79 Å². The summed E-state index contributed by atoms with van der Waals surface area (Å²) in [4.78, 5) is 9.69. The molecule has 0 saturated carbocycles. The molecule has 0 amide bonds. The van der Waals surface area contributed by atoms with Crippen LogP contribution < -0.4 is 0 Å². The second-order valence-corrected chi connectivity index (χ2v) is 2.70. The van der Waals surface area contributed by atoms with E-state index in [-0.39, 0.29) is 34.4 Å². The van der Waals surface area contributed by atoms with Gasteiger partial charge in [-0.1, -0.05) is 29.3 Å². The van der Waals surface area contributed by atoms with Crippen LogP contribution in [-0.4, -0.2) is 45.5 Å². The van der Waals surface area contributed by atoms with E-state index in [1.807, 2.05) is 6.92 Å². The van der Waals surface area contributed by atoms with Gasteiger partial charge in [-0.05, 0) is 6.42 Å². The molecule has 0 aliphatic carbocycles. The molecule has 0 aliphatic rings. The predicted octanol–water partition coefficient (Wildman–Crippen LogP) is 1.25. The molecule has 1 N–H and O–H groups in total. The SMILES string of the molecule is CCCC(Br)C(=O)O.[Na]. The minimum Gasteiger partial charge on any atom is -0.480 e. The normalized spacial score (nSPS) is 11.8. The topological polar surface area (TPSA) is 37.3 Å². The second kappa shape index (κ2) is 7.06. The average molecular weight is 204 g/mol. The summed E-state index contributed by atoms with van der Waals surface area (Å²) in [5.74, 6) is -0.771. The van der Waals surface area contributed by atoms with E-state index in [9.17, 15) is 4.79 Å². The first-order valence-corrected chi connectivity index (χ1v) is 3.47. The first-order chi connectivity index (χ1) is 3.68. The smallest absolute Gasteiger partial charge is 0.317 e. The molecule has 4 heteroatoms. The van der Waals surface area contributed by atoms with E-state index in [0.717, 1.165) is 6.42 Å². The number of hydrogen-bond donors (Lipinski definition) is 1.